The Hall–Kier alpha value is -1.28. The van der Waals surface area contributed by atoms with Crippen LogP contribution < -0.4 is 9.47 Å². The van der Waals surface area contributed by atoms with E-state index < -0.39 is 0 Å². The molecule has 2 rings (SSSR count). The van der Waals surface area contributed by atoms with E-state index in [1.165, 1.54) is 0 Å². The van der Waals surface area contributed by atoms with E-state index in [9.17, 15) is 4.79 Å². The molecule has 2 aromatic carbocycles. The topological polar surface area (TPSA) is 44.8 Å². The molecule has 0 aromatic heterocycles. The minimum atomic E-state index is -0.372. The molecule has 0 radical (unpaired) electrons. The number of carbonyl (C=O) groups excluding carboxylic acids is 1. The first-order valence-electron chi connectivity index (χ1n) is 6.97. The van der Waals surface area contributed by atoms with Crippen LogP contribution in [0.4, 0.5) is 0 Å². The fourth-order valence-electron chi connectivity index (χ4n) is 1.93. The Morgan fingerprint density at radius 3 is 2.52 bits per heavy atom. The molecule has 4 nitrogen and oxygen atoms in total. The maximum atomic E-state index is 11.9. The molecule has 2 aromatic rings. The molecule has 0 spiro atoms. The number of carbonyl (C=O) groups is 1. The Labute approximate surface area is 157 Å². The number of ether oxygens (including phenoxy) is 3. The van der Waals surface area contributed by atoms with Gasteiger partial charge in [0.1, 0.15) is 6.61 Å². The fraction of sp³-hybridized carbons (Fsp3) is 0.235. The van der Waals surface area contributed by atoms with Gasteiger partial charge in [-0.15, -0.1) is 0 Å². The fourth-order valence-corrected chi connectivity index (χ4v) is 2.95. The van der Waals surface area contributed by atoms with Gasteiger partial charge in [-0.25, -0.2) is 4.79 Å². The minimum absolute atomic E-state index is 0.333. The normalized spacial score (nSPS) is 10.3. The van der Waals surface area contributed by atoms with Crippen molar-refractivity contribution in [3.63, 3.8) is 0 Å². The van der Waals surface area contributed by atoms with Gasteiger partial charge >= 0.3 is 5.97 Å². The first-order chi connectivity index (χ1) is 11.0. The highest BCUT2D eigenvalue weighted by atomic mass is 127. The first-order valence-corrected chi connectivity index (χ1v) is 8.84. The third-order valence-corrected chi connectivity index (χ3v) is 4.37. The highest BCUT2D eigenvalue weighted by Crippen LogP contribution is 2.34. The molecule has 0 unspecified atom stereocenters. The summed E-state index contributed by atoms with van der Waals surface area (Å²) in [5, 5.41) is 0. The molecule has 0 aliphatic heterocycles. The van der Waals surface area contributed by atoms with E-state index in [-0.39, 0.29) is 5.97 Å². The molecule has 0 atom stereocenters. The maximum Gasteiger partial charge on any atom is 0.338 e. The van der Waals surface area contributed by atoms with Gasteiger partial charge in [-0.05, 0) is 59.3 Å². The molecule has 6 heteroatoms. The number of hydrogen-bond donors (Lipinski definition) is 0. The molecular formula is C17H16BrIO4. The smallest absolute Gasteiger partial charge is 0.338 e. The first kappa shape index (κ1) is 18.1. The van der Waals surface area contributed by atoms with Crippen LogP contribution in [0.1, 0.15) is 22.8 Å². The Balaban J connectivity index is 2.20. The summed E-state index contributed by atoms with van der Waals surface area (Å²) in [5.74, 6) is 0.754. The molecule has 0 bridgehead atoms. The Morgan fingerprint density at radius 1 is 1.22 bits per heavy atom. The second-order valence-corrected chi connectivity index (χ2v) is 6.70. The molecule has 0 saturated carbocycles. The number of hydrogen-bond acceptors (Lipinski definition) is 4. The number of esters is 1. The number of halogens is 2. The average molecular weight is 491 g/mol. The van der Waals surface area contributed by atoms with Gasteiger partial charge in [0.25, 0.3) is 0 Å². The second kappa shape index (κ2) is 8.54. The summed E-state index contributed by atoms with van der Waals surface area (Å²) in [7, 11) is 1.55. The zero-order valence-electron chi connectivity index (χ0n) is 12.8. The van der Waals surface area contributed by atoms with Crippen molar-refractivity contribution in [3.8, 4) is 11.5 Å². The summed E-state index contributed by atoms with van der Waals surface area (Å²) in [6.07, 6.45) is 0. The summed E-state index contributed by atoms with van der Waals surface area (Å²) < 4.78 is 18.1. The van der Waals surface area contributed by atoms with Gasteiger partial charge < -0.3 is 14.2 Å². The van der Waals surface area contributed by atoms with Crippen LogP contribution in [0.15, 0.2) is 40.9 Å². The van der Waals surface area contributed by atoms with Gasteiger partial charge in [-0.3, -0.25) is 0 Å². The van der Waals surface area contributed by atoms with E-state index in [4.69, 9.17) is 14.2 Å². The molecule has 0 heterocycles. The van der Waals surface area contributed by atoms with Crippen molar-refractivity contribution in [2.45, 2.75) is 13.5 Å². The van der Waals surface area contributed by atoms with E-state index in [1.54, 1.807) is 26.2 Å². The van der Waals surface area contributed by atoms with E-state index in [1.807, 2.05) is 24.3 Å². The van der Waals surface area contributed by atoms with Crippen LogP contribution in [0.2, 0.25) is 0 Å². The summed E-state index contributed by atoms with van der Waals surface area (Å²) >= 11 is 5.53. The van der Waals surface area contributed by atoms with Crippen molar-refractivity contribution in [3.05, 3.63) is 55.6 Å². The Bertz CT molecular complexity index is 686. The Morgan fingerprint density at radius 2 is 1.91 bits per heavy atom. The van der Waals surface area contributed by atoms with Gasteiger partial charge in [0.2, 0.25) is 0 Å². The lowest BCUT2D eigenvalue weighted by molar-refractivity contribution is 0.0525. The van der Waals surface area contributed by atoms with Crippen LogP contribution >= 0.6 is 38.5 Å². The van der Waals surface area contributed by atoms with Crippen molar-refractivity contribution in [1.29, 1.82) is 0 Å². The van der Waals surface area contributed by atoms with E-state index in [2.05, 4.69) is 38.5 Å². The van der Waals surface area contributed by atoms with E-state index >= 15 is 0 Å². The predicted octanol–water partition coefficient (Wildman–Crippen LogP) is 4.82. The van der Waals surface area contributed by atoms with Crippen LogP contribution in [0.5, 0.6) is 11.5 Å². The molecule has 0 aliphatic rings. The van der Waals surface area contributed by atoms with E-state index in [0.717, 1.165) is 13.6 Å². The lowest BCUT2D eigenvalue weighted by atomic mass is 10.2. The minimum Gasteiger partial charge on any atom is -0.493 e. The lowest BCUT2D eigenvalue weighted by Crippen LogP contribution is -2.07. The highest BCUT2D eigenvalue weighted by molar-refractivity contribution is 14.1. The predicted molar refractivity (Wildman–Crippen MR) is 100 cm³/mol. The van der Waals surface area contributed by atoms with Crippen LogP contribution in [-0.2, 0) is 11.3 Å². The molecular weight excluding hydrogens is 475 g/mol. The van der Waals surface area contributed by atoms with Crippen LogP contribution in [-0.4, -0.2) is 19.7 Å². The van der Waals surface area contributed by atoms with Gasteiger partial charge in [-0.1, -0.05) is 28.1 Å². The molecule has 0 aliphatic carbocycles. The molecule has 122 valence electrons. The zero-order valence-corrected chi connectivity index (χ0v) is 16.5. The molecule has 0 saturated heterocycles. The number of benzene rings is 2. The third kappa shape index (κ3) is 4.84. The van der Waals surface area contributed by atoms with Crippen molar-refractivity contribution in [2.24, 2.45) is 0 Å². The van der Waals surface area contributed by atoms with Gasteiger partial charge in [0.05, 0.1) is 22.9 Å². The zero-order chi connectivity index (χ0) is 16.8. The SMILES string of the molecule is CCOC(=O)c1cc(I)c(OCc2ccc(Br)cc2)c(OC)c1. The van der Waals surface area contributed by atoms with Crippen molar-refractivity contribution < 1.29 is 19.0 Å². The number of methoxy groups -OCH3 is 1. The highest BCUT2D eigenvalue weighted by Gasteiger charge is 2.16. The lowest BCUT2D eigenvalue weighted by Gasteiger charge is -2.14. The second-order valence-electron chi connectivity index (χ2n) is 4.63. The van der Waals surface area contributed by atoms with Gasteiger partial charge in [-0.2, -0.15) is 0 Å². The summed E-state index contributed by atoms with van der Waals surface area (Å²) in [6, 6.07) is 11.3. The van der Waals surface area contributed by atoms with Crippen molar-refractivity contribution >= 4 is 44.5 Å². The summed E-state index contributed by atoms with van der Waals surface area (Å²) in [5.41, 5.74) is 1.49. The Kier molecular flexibility index (Phi) is 6.71. The van der Waals surface area contributed by atoms with Gasteiger partial charge in [0.15, 0.2) is 11.5 Å². The average Bonchev–Trinajstić information content (AvgIpc) is 2.54. The quantitative estimate of drug-likeness (QED) is 0.430. The monoisotopic (exact) mass is 490 g/mol. The van der Waals surface area contributed by atoms with Crippen molar-refractivity contribution in [1.82, 2.24) is 0 Å². The van der Waals surface area contributed by atoms with Crippen LogP contribution in [0.3, 0.4) is 0 Å². The summed E-state index contributed by atoms with van der Waals surface area (Å²) in [6.45, 7) is 2.52. The largest absolute Gasteiger partial charge is 0.493 e. The standard InChI is InChI=1S/C17H16BrIO4/c1-3-22-17(20)12-8-14(19)16(15(9-12)21-2)23-10-11-4-6-13(18)7-5-11/h4-9H,3,10H2,1-2H3. The number of rotatable bonds is 6. The third-order valence-electron chi connectivity index (χ3n) is 3.04. The molecule has 0 amide bonds. The molecule has 0 fully saturated rings. The van der Waals surface area contributed by atoms with Gasteiger partial charge in [0, 0.05) is 4.47 Å². The van der Waals surface area contributed by atoms with E-state index in [0.29, 0.717) is 30.3 Å². The molecule has 23 heavy (non-hydrogen) atoms. The van der Waals surface area contributed by atoms with Crippen molar-refractivity contribution in [2.75, 3.05) is 13.7 Å². The maximum absolute atomic E-state index is 11.9. The van der Waals surface area contributed by atoms with Crippen LogP contribution in [0.25, 0.3) is 0 Å². The molecule has 0 N–H and O–H groups in total. The van der Waals surface area contributed by atoms with Crippen LogP contribution in [0, 0.1) is 3.57 Å². The summed E-state index contributed by atoms with van der Waals surface area (Å²) in [4.78, 5) is 11.9.